The highest BCUT2D eigenvalue weighted by Gasteiger charge is 2.31. The Morgan fingerprint density at radius 3 is 2.83 bits per heavy atom. The number of likely N-dealkylation sites (N-methyl/N-ethyl adjacent to an activating group) is 1. The zero-order chi connectivity index (χ0) is 16.8. The first-order valence-corrected chi connectivity index (χ1v) is 8.38. The molecule has 5 nitrogen and oxygen atoms in total. The van der Waals surface area contributed by atoms with Gasteiger partial charge in [0.2, 0.25) is 0 Å². The number of amides is 2. The average molecular weight is 320 g/mol. The molecule has 2 N–H and O–H groups in total. The van der Waals surface area contributed by atoms with E-state index >= 15 is 0 Å². The Bertz CT molecular complexity index is 515. The molecule has 1 saturated carbocycles. The summed E-state index contributed by atoms with van der Waals surface area (Å²) < 4.78 is 5.70. The molecule has 5 heteroatoms. The van der Waals surface area contributed by atoms with Crippen LogP contribution >= 0.6 is 0 Å². The minimum Gasteiger partial charge on any atom is -0.494 e. The SMILES string of the molecule is CC(C)CCOc1cccc(NC(=O)N(C)CC(O)C2CC2)c1. The summed E-state index contributed by atoms with van der Waals surface area (Å²) in [7, 11) is 1.70. The molecular formula is C18H28N2O3. The van der Waals surface area contributed by atoms with Crippen molar-refractivity contribution in [3.63, 3.8) is 0 Å². The number of aliphatic hydroxyl groups excluding tert-OH is 1. The second kappa shape index (κ2) is 8.20. The molecule has 1 atom stereocenters. The van der Waals surface area contributed by atoms with Crippen LogP contribution in [-0.2, 0) is 0 Å². The Balaban J connectivity index is 1.82. The second-order valence-electron chi connectivity index (χ2n) is 6.77. The highest BCUT2D eigenvalue weighted by atomic mass is 16.5. The van der Waals surface area contributed by atoms with Gasteiger partial charge in [-0.15, -0.1) is 0 Å². The van der Waals surface area contributed by atoms with E-state index in [0.29, 0.717) is 30.7 Å². The van der Waals surface area contributed by atoms with Crippen LogP contribution in [0, 0.1) is 11.8 Å². The number of anilines is 1. The molecule has 1 aliphatic carbocycles. The van der Waals surface area contributed by atoms with Gasteiger partial charge in [0.05, 0.1) is 12.7 Å². The number of ether oxygens (including phenoxy) is 1. The normalized spacial score (nSPS) is 15.3. The van der Waals surface area contributed by atoms with E-state index in [1.807, 2.05) is 24.3 Å². The number of nitrogens with zero attached hydrogens (tertiary/aromatic N) is 1. The molecule has 1 aromatic rings. The molecule has 1 unspecified atom stereocenters. The van der Waals surface area contributed by atoms with Crippen molar-refractivity contribution in [3.8, 4) is 5.75 Å². The molecule has 0 heterocycles. The van der Waals surface area contributed by atoms with Gasteiger partial charge in [-0.3, -0.25) is 0 Å². The molecule has 2 amide bonds. The van der Waals surface area contributed by atoms with Crippen molar-refractivity contribution in [2.75, 3.05) is 25.5 Å². The number of aliphatic hydroxyl groups is 1. The van der Waals surface area contributed by atoms with Gasteiger partial charge in [-0.05, 0) is 43.2 Å². The Morgan fingerprint density at radius 1 is 1.43 bits per heavy atom. The van der Waals surface area contributed by atoms with Crippen molar-refractivity contribution >= 4 is 11.7 Å². The maximum Gasteiger partial charge on any atom is 0.321 e. The summed E-state index contributed by atoms with van der Waals surface area (Å²) in [5.74, 6) is 1.72. The second-order valence-corrected chi connectivity index (χ2v) is 6.77. The Hall–Kier alpha value is -1.75. The summed E-state index contributed by atoms with van der Waals surface area (Å²) in [6.07, 6.45) is 2.70. The van der Waals surface area contributed by atoms with Gasteiger partial charge in [-0.2, -0.15) is 0 Å². The third kappa shape index (κ3) is 6.10. The van der Waals surface area contributed by atoms with E-state index < -0.39 is 6.10 Å². The van der Waals surface area contributed by atoms with Gasteiger partial charge in [-0.25, -0.2) is 4.79 Å². The Kier molecular flexibility index (Phi) is 6.28. The molecule has 0 radical (unpaired) electrons. The van der Waals surface area contributed by atoms with Crippen molar-refractivity contribution in [2.24, 2.45) is 11.8 Å². The van der Waals surface area contributed by atoms with Gasteiger partial charge < -0.3 is 20.1 Å². The molecule has 1 aromatic carbocycles. The van der Waals surface area contributed by atoms with Crippen LogP contribution in [0.25, 0.3) is 0 Å². The van der Waals surface area contributed by atoms with Crippen molar-refractivity contribution in [1.82, 2.24) is 4.90 Å². The maximum atomic E-state index is 12.2. The zero-order valence-corrected chi connectivity index (χ0v) is 14.3. The minimum absolute atomic E-state index is 0.218. The summed E-state index contributed by atoms with van der Waals surface area (Å²) in [5, 5.41) is 12.8. The van der Waals surface area contributed by atoms with Crippen LogP contribution in [0.3, 0.4) is 0 Å². The first-order valence-electron chi connectivity index (χ1n) is 8.38. The van der Waals surface area contributed by atoms with Crippen molar-refractivity contribution in [3.05, 3.63) is 24.3 Å². The zero-order valence-electron chi connectivity index (χ0n) is 14.3. The lowest BCUT2D eigenvalue weighted by atomic mass is 10.1. The van der Waals surface area contributed by atoms with Crippen LogP contribution in [-0.4, -0.2) is 42.3 Å². The van der Waals surface area contributed by atoms with Gasteiger partial charge in [0.1, 0.15) is 5.75 Å². The lowest BCUT2D eigenvalue weighted by Crippen LogP contribution is -2.37. The number of nitrogens with one attached hydrogen (secondary N) is 1. The van der Waals surface area contributed by atoms with E-state index in [2.05, 4.69) is 19.2 Å². The van der Waals surface area contributed by atoms with E-state index in [1.165, 1.54) is 4.90 Å². The summed E-state index contributed by atoms with van der Waals surface area (Å²) >= 11 is 0. The number of hydrogen-bond acceptors (Lipinski definition) is 3. The van der Waals surface area contributed by atoms with Crippen LogP contribution in [0.4, 0.5) is 10.5 Å². The lowest BCUT2D eigenvalue weighted by molar-refractivity contribution is 0.117. The van der Waals surface area contributed by atoms with Crippen molar-refractivity contribution in [2.45, 2.75) is 39.2 Å². The molecular weight excluding hydrogens is 292 g/mol. The number of hydrogen-bond donors (Lipinski definition) is 2. The Labute approximate surface area is 138 Å². The molecule has 0 aliphatic heterocycles. The van der Waals surface area contributed by atoms with Crippen LogP contribution < -0.4 is 10.1 Å². The number of urea groups is 1. The van der Waals surface area contributed by atoms with Crippen LogP contribution in [0.5, 0.6) is 5.75 Å². The maximum absolute atomic E-state index is 12.2. The smallest absolute Gasteiger partial charge is 0.321 e. The molecule has 0 spiro atoms. The molecule has 2 rings (SSSR count). The van der Waals surface area contributed by atoms with Crippen LogP contribution in [0.1, 0.15) is 33.1 Å². The van der Waals surface area contributed by atoms with E-state index in [4.69, 9.17) is 4.74 Å². The van der Waals surface area contributed by atoms with Crippen molar-refractivity contribution < 1.29 is 14.6 Å². The molecule has 0 bridgehead atoms. The fourth-order valence-corrected chi connectivity index (χ4v) is 2.29. The molecule has 23 heavy (non-hydrogen) atoms. The lowest BCUT2D eigenvalue weighted by Gasteiger charge is -2.21. The monoisotopic (exact) mass is 320 g/mol. The summed E-state index contributed by atoms with van der Waals surface area (Å²) in [6, 6.07) is 7.18. The van der Waals surface area contributed by atoms with Crippen LogP contribution in [0.2, 0.25) is 0 Å². The first kappa shape index (κ1) is 17.6. The van der Waals surface area contributed by atoms with E-state index in [-0.39, 0.29) is 6.03 Å². The molecule has 128 valence electrons. The van der Waals surface area contributed by atoms with Crippen LogP contribution in [0.15, 0.2) is 24.3 Å². The first-order chi connectivity index (χ1) is 11.0. The number of carbonyl (C=O) groups excluding carboxylic acids is 1. The Morgan fingerprint density at radius 2 is 2.17 bits per heavy atom. The number of benzene rings is 1. The van der Waals surface area contributed by atoms with Gasteiger partial charge in [0.25, 0.3) is 0 Å². The fraction of sp³-hybridized carbons (Fsp3) is 0.611. The third-order valence-electron chi connectivity index (χ3n) is 4.02. The predicted molar refractivity (Wildman–Crippen MR) is 91.8 cm³/mol. The predicted octanol–water partition coefficient (Wildman–Crippen LogP) is 3.35. The van der Waals surface area contributed by atoms with Gasteiger partial charge >= 0.3 is 6.03 Å². The largest absolute Gasteiger partial charge is 0.494 e. The highest BCUT2D eigenvalue weighted by molar-refractivity contribution is 5.89. The summed E-state index contributed by atoms with van der Waals surface area (Å²) in [5.41, 5.74) is 0.699. The van der Waals surface area contributed by atoms with Gasteiger partial charge in [0.15, 0.2) is 0 Å². The quantitative estimate of drug-likeness (QED) is 0.772. The molecule has 0 aromatic heterocycles. The third-order valence-corrected chi connectivity index (χ3v) is 4.02. The summed E-state index contributed by atoms with van der Waals surface area (Å²) in [6.45, 7) is 5.35. The number of carbonyl (C=O) groups is 1. The topological polar surface area (TPSA) is 61.8 Å². The standard InChI is InChI=1S/C18H28N2O3/c1-13(2)9-10-23-16-6-4-5-15(11-16)19-18(22)20(3)12-17(21)14-7-8-14/h4-6,11,13-14,17,21H,7-10,12H2,1-3H3,(H,19,22). The molecule has 0 saturated heterocycles. The minimum atomic E-state index is -0.420. The van der Waals surface area contributed by atoms with Gasteiger partial charge in [0, 0.05) is 25.3 Å². The molecule has 1 fully saturated rings. The van der Waals surface area contributed by atoms with E-state index in [0.717, 1.165) is 25.0 Å². The fourth-order valence-electron chi connectivity index (χ4n) is 2.29. The highest BCUT2D eigenvalue weighted by Crippen LogP contribution is 2.32. The number of rotatable bonds is 8. The van der Waals surface area contributed by atoms with E-state index in [9.17, 15) is 9.90 Å². The average Bonchev–Trinajstić information content (AvgIpc) is 3.31. The van der Waals surface area contributed by atoms with E-state index in [1.54, 1.807) is 7.05 Å². The molecule has 1 aliphatic rings. The van der Waals surface area contributed by atoms with Gasteiger partial charge in [-0.1, -0.05) is 19.9 Å². The summed E-state index contributed by atoms with van der Waals surface area (Å²) in [4.78, 5) is 13.7. The van der Waals surface area contributed by atoms with Crippen molar-refractivity contribution in [1.29, 1.82) is 0 Å².